The quantitative estimate of drug-likeness (QED) is 0.697. The topological polar surface area (TPSA) is 64.6 Å². The van der Waals surface area contributed by atoms with Gasteiger partial charge in [0.2, 0.25) is 0 Å². The molecule has 0 aromatic heterocycles. The Hall–Kier alpha value is -2.82. The van der Waals surface area contributed by atoms with Crippen molar-refractivity contribution in [2.75, 3.05) is 12.4 Å². The minimum Gasteiger partial charge on any atom is -0.465 e. The van der Waals surface area contributed by atoms with Crippen LogP contribution in [-0.2, 0) is 19.7 Å². The average Bonchev–Trinajstić information content (AvgIpc) is 2.64. The van der Waals surface area contributed by atoms with E-state index in [2.05, 4.69) is 38.2 Å². The van der Waals surface area contributed by atoms with Crippen LogP contribution in [0.15, 0.2) is 48.5 Å². The van der Waals surface area contributed by atoms with Crippen LogP contribution in [0.3, 0.4) is 0 Å². The second-order valence-electron chi connectivity index (χ2n) is 9.05. The van der Waals surface area contributed by atoms with Gasteiger partial charge in [0, 0.05) is 5.69 Å². The third kappa shape index (κ3) is 6.34. The first kappa shape index (κ1) is 22.5. The first-order valence-electron chi connectivity index (χ1n) is 9.69. The van der Waals surface area contributed by atoms with Crippen molar-refractivity contribution in [3.05, 3.63) is 65.2 Å². The summed E-state index contributed by atoms with van der Waals surface area (Å²) in [4.78, 5) is 24.6. The van der Waals surface area contributed by atoms with Crippen LogP contribution < -0.4 is 5.32 Å². The molecule has 0 amide bonds. The molecule has 2 rings (SSSR count). The highest BCUT2D eigenvalue weighted by Gasteiger charge is 2.27. The van der Waals surface area contributed by atoms with Gasteiger partial charge in [-0.25, -0.2) is 9.59 Å². The number of rotatable bonds is 5. The predicted octanol–water partition coefficient (Wildman–Crippen LogP) is 5.27. The highest BCUT2D eigenvalue weighted by molar-refractivity contribution is 5.89. The summed E-state index contributed by atoms with van der Waals surface area (Å²) < 4.78 is 10.3. The van der Waals surface area contributed by atoms with E-state index in [1.54, 1.807) is 24.3 Å². The van der Waals surface area contributed by atoms with Gasteiger partial charge in [-0.05, 0) is 61.6 Å². The zero-order chi connectivity index (χ0) is 21.8. The number of hydrogen-bond acceptors (Lipinski definition) is 5. The molecule has 0 aliphatic heterocycles. The van der Waals surface area contributed by atoms with E-state index in [1.807, 2.05) is 32.9 Å². The Morgan fingerprint density at radius 1 is 0.862 bits per heavy atom. The largest absolute Gasteiger partial charge is 0.465 e. The third-order valence-electron chi connectivity index (χ3n) is 4.37. The van der Waals surface area contributed by atoms with E-state index in [-0.39, 0.29) is 11.4 Å². The van der Waals surface area contributed by atoms with Gasteiger partial charge in [-0.2, -0.15) is 0 Å². The van der Waals surface area contributed by atoms with Crippen LogP contribution in [0, 0.1) is 0 Å². The zero-order valence-corrected chi connectivity index (χ0v) is 18.3. The fourth-order valence-electron chi connectivity index (χ4n) is 2.80. The van der Waals surface area contributed by atoms with Gasteiger partial charge in [0.05, 0.1) is 12.7 Å². The molecule has 5 heteroatoms. The van der Waals surface area contributed by atoms with Gasteiger partial charge in [-0.15, -0.1) is 0 Å². The Morgan fingerprint density at radius 2 is 1.41 bits per heavy atom. The molecule has 0 aliphatic rings. The number of ether oxygens (including phenoxy) is 2. The van der Waals surface area contributed by atoms with Crippen molar-refractivity contribution in [1.82, 2.24) is 0 Å². The monoisotopic (exact) mass is 397 g/mol. The SMILES string of the molecule is COC(=O)c1ccc(C(Nc2ccc(C(C)(C)C)cc2)C(=O)OC(C)(C)C)cc1. The Bertz CT molecular complexity index is 840. The van der Waals surface area contributed by atoms with Gasteiger partial charge in [0.15, 0.2) is 6.04 Å². The molecule has 2 aromatic carbocycles. The van der Waals surface area contributed by atoms with E-state index >= 15 is 0 Å². The lowest BCUT2D eigenvalue weighted by Gasteiger charge is -2.26. The maximum Gasteiger partial charge on any atom is 0.337 e. The third-order valence-corrected chi connectivity index (χ3v) is 4.37. The van der Waals surface area contributed by atoms with Crippen LogP contribution in [-0.4, -0.2) is 24.6 Å². The van der Waals surface area contributed by atoms with E-state index in [0.29, 0.717) is 11.1 Å². The molecule has 0 saturated carbocycles. The molecule has 0 radical (unpaired) electrons. The number of carbonyl (C=O) groups excluding carboxylic acids is 2. The Labute approximate surface area is 173 Å². The number of hydrogen-bond donors (Lipinski definition) is 1. The second-order valence-corrected chi connectivity index (χ2v) is 9.05. The maximum absolute atomic E-state index is 12.9. The molecule has 2 aromatic rings. The summed E-state index contributed by atoms with van der Waals surface area (Å²) in [5.74, 6) is -0.806. The molecule has 0 aliphatic carbocycles. The normalized spacial score (nSPS) is 12.8. The highest BCUT2D eigenvalue weighted by atomic mass is 16.6. The van der Waals surface area contributed by atoms with Crippen LogP contribution >= 0.6 is 0 Å². The summed E-state index contributed by atoms with van der Waals surface area (Å²) in [6.45, 7) is 12.0. The summed E-state index contributed by atoms with van der Waals surface area (Å²) in [6, 6.07) is 14.1. The Balaban J connectivity index is 2.32. The standard InChI is InChI=1S/C24H31NO4/c1-23(2,3)18-12-14-19(15-13-18)25-20(22(27)29-24(4,5)6)16-8-10-17(11-9-16)21(26)28-7/h8-15,20,25H,1-7H3. The summed E-state index contributed by atoms with van der Waals surface area (Å²) >= 11 is 0. The van der Waals surface area contributed by atoms with E-state index in [1.165, 1.54) is 12.7 Å². The molecule has 0 heterocycles. The molecule has 1 N–H and O–H groups in total. The molecular weight excluding hydrogens is 366 g/mol. The van der Waals surface area contributed by atoms with Gasteiger partial charge in [0.1, 0.15) is 5.60 Å². The molecule has 0 bridgehead atoms. The molecule has 5 nitrogen and oxygen atoms in total. The lowest BCUT2D eigenvalue weighted by molar-refractivity contribution is -0.156. The summed E-state index contributed by atoms with van der Waals surface area (Å²) in [7, 11) is 1.34. The number of methoxy groups -OCH3 is 1. The highest BCUT2D eigenvalue weighted by Crippen LogP contribution is 2.27. The Kier molecular flexibility index (Phi) is 6.73. The van der Waals surface area contributed by atoms with Gasteiger partial charge in [0.25, 0.3) is 0 Å². The van der Waals surface area contributed by atoms with Gasteiger partial charge in [-0.3, -0.25) is 0 Å². The van der Waals surface area contributed by atoms with Crippen LogP contribution in [0.2, 0.25) is 0 Å². The lowest BCUT2D eigenvalue weighted by Crippen LogP contribution is -2.31. The molecule has 1 unspecified atom stereocenters. The molecule has 29 heavy (non-hydrogen) atoms. The first-order chi connectivity index (χ1) is 13.4. The van der Waals surface area contributed by atoms with E-state index < -0.39 is 17.6 Å². The summed E-state index contributed by atoms with van der Waals surface area (Å²) in [6.07, 6.45) is 0. The van der Waals surface area contributed by atoms with Crippen molar-refractivity contribution in [2.45, 2.75) is 58.6 Å². The van der Waals surface area contributed by atoms with Crippen LogP contribution in [0.5, 0.6) is 0 Å². The van der Waals surface area contributed by atoms with Crippen molar-refractivity contribution >= 4 is 17.6 Å². The van der Waals surface area contributed by atoms with E-state index in [4.69, 9.17) is 9.47 Å². The van der Waals surface area contributed by atoms with Gasteiger partial charge < -0.3 is 14.8 Å². The molecule has 0 fully saturated rings. The number of benzene rings is 2. The average molecular weight is 398 g/mol. The predicted molar refractivity (Wildman–Crippen MR) is 115 cm³/mol. The van der Waals surface area contributed by atoms with Crippen molar-refractivity contribution < 1.29 is 19.1 Å². The minimum absolute atomic E-state index is 0.0484. The molecule has 1 atom stereocenters. The van der Waals surface area contributed by atoms with Crippen LogP contribution in [0.25, 0.3) is 0 Å². The lowest BCUT2D eigenvalue weighted by atomic mass is 9.87. The fourth-order valence-corrected chi connectivity index (χ4v) is 2.80. The number of anilines is 1. The molecule has 0 saturated heterocycles. The van der Waals surface area contributed by atoms with Crippen LogP contribution in [0.1, 0.15) is 69.1 Å². The molecular formula is C24H31NO4. The van der Waals surface area contributed by atoms with Crippen molar-refractivity contribution in [2.24, 2.45) is 0 Å². The molecule has 156 valence electrons. The van der Waals surface area contributed by atoms with Crippen molar-refractivity contribution in [1.29, 1.82) is 0 Å². The number of nitrogens with one attached hydrogen (secondary N) is 1. The smallest absolute Gasteiger partial charge is 0.337 e. The van der Waals surface area contributed by atoms with Gasteiger partial charge >= 0.3 is 11.9 Å². The number of carbonyl (C=O) groups is 2. The molecule has 0 spiro atoms. The fraction of sp³-hybridized carbons (Fsp3) is 0.417. The zero-order valence-electron chi connectivity index (χ0n) is 18.3. The first-order valence-corrected chi connectivity index (χ1v) is 9.69. The van der Waals surface area contributed by atoms with Gasteiger partial charge in [-0.1, -0.05) is 45.0 Å². The van der Waals surface area contributed by atoms with Crippen LogP contribution in [0.4, 0.5) is 5.69 Å². The number of esters is 2. The Morgan fingerprint density at radius 3 is 1.86 bits per heavy atom. The minimum atomic E-state index is -0.707. The van der Waals surface area contributed by atoms with Crippen molar-refractivity contribution in [3.63, 3.8) is 0 Å². The maximum atomic E-state index is 12.9. The van der Waals surface area contributed by atoms with E-state index in [9.17, 15) is 9.59 Å². The summed E-state index contributed by atoms with van der Waals surface area (Å²) in [5, 5.41) is 3.27. The van der Waals surface area contributed by atoms with E-state index in [0.717, 1.165) is 5.69 Å². The summed E-state index contributed by atoms with van der Waals surface area (Å²) in [5.41, 5.74) is 2.58. The second kappa shape index (κ2) is 8.68. The van der Waals surface area contributed by atoms with Crippen molar-refractivity contribution in [3.8, 4) is 0 Å².